The molecule has 5 aliphatic carbocycles. The van der Waals surface area contributed by atoms with Crippen LogP contribution in [0.25, 0.3) is 0 Å². The van der Waals surface area contributed by atoms with Crippen LogP contribution in [0.4, 0.5) is 0 Å². The number of aliphatic hydroxyl groups excluding tert-OH is 1. The molecule has 8 rings (SSSR count). The lowest BCUT2D eigenvalue weighted by Crippen LogP contribution is -2.83. The molecule has 8 atom stereocenters. The maximum Gasteiger partial charge on any atom is 0.165 e. The second-order valence-corrected chi connectivity index (χ2v) is 13.4. The molecule has 35 heavy (non-hydrogen) atoms. The van der Waals surface area contributed by atoms with Gasteiger partial charge in [-0.15, -0.1) is 0 Å². The van der Waals surface area contributed by atoms with Crippen molar-refractivity contribution in [1.29, 1.82) is 0 Å². The highest BCUT2D eigenvalue weighted by Crippen LogP contribution is 2.79. The van der Waals surface area contributed by atoms with Gasteiger partial charge in [0, 0.05) is 46.1 Å². The molecule has 1 aromatic rings. The zero-order valence-electron chi connectivity index (χ0n) is 24.5. The van der Waals surface area contributed by atoms with Crippen molar-refractivity contribution < 1.29 is 28.9 Å². The van der Waals surface area contributed by atoms with E-state index in [9.17, 15) is 18.1 Å². The smallest absolute Gasteiger partial charge is 0.165 e. The Balaban J connectivity index is 1.52. The number of hydrogen-bond donors (Lipinski definition) is 3. The van der Waals surface area contributed by atoms with Crippen molar-refractivity contribution >= 4 is 0 Å². The van der Waals surface area contributed by atoms with Crippen molar-refractivity contribution in [2.75, 3.05) is 20.2 Å². The van der Waals surface area contributed by atoms with Gasteiger partial charge in [-0.1, -0.05) is 26.8 Å². The summed E-state index contributed by atoms with van der Waals surface area (Å²) in [5.74, 6) is -1.09. The third-order valence-electron chi connectivity index (χ3n) is 11.4. The molecule has 2 aliphatic heterocycles. The number of fused-ring (bicyclic) bond motifs is 2. The predicted molar refractivity (Wildman–Crippen MR) is 131 cm³/mol. The van der Waals surface area contributed by atoms with Gasteiger partial charge in [0.1, 0.15) is 11.7 Å². The number of rotatable bonds is 4. The molecule has 4 bridgehead atoms. The van der Waals surface area contributed by atoms with Crippen molar-refractivity contribution in [3.05, 3.63) is 23.3 Å². The summed E-state index contributed by atoms with van der Waals surface area (Å²) in [5.41, 5.74) is -2.14. The summed E-state index contributed by atoms with van der Waals surface area (Å²) in [7, 11) is 1.70. The fourth-order valence-corrected chi connectivity index (χ4v) is 9.21. The average molecular weight is 487 g/mol. The first-order valence-electron chi connectivity index (χ1n) is 14.8. The first-order chi connectivity index (χ1) is 17.6. The molecule has 1 saturated heterocycles. The summed E-state index contributed by atoms with van der Waals surface area (Å²) in [6, 6.07) is 2.75. The molecule has 2 spiro atoms. The first kappa shape index (κ1) is 19.7. The van der Waals surface area contributed by atoms with E-state index in [1.54, 1.807) is 19.2 Å². The minimum Gasteiger partial charge on any atom is -0.504 e. The number of methoxy groups -OCH3 is 1. The van der Waals surface area contributed by atoms with E-state index in [-0.39, 0.29) is 11.7 Å². The Morgan fingerprint density at radius 2 is 1.97 bits per heavy atom. The molecule has 5 fully saturated rings. The minimum absolute atomic E-state index is 0.0407. The maximum absolute atomic E-state index is 12.2. The standard InChI is InChI=1S/C29H41NO5/c1-25(2,3)26(4,33)19-14-27-10-11-29(19,34-5)24-28(27)12-13-30(15-16-6-7-16)23(27)21(32)17-8-9-18(31)22(35-24)20(17)28/h8-9,16,19,21,23-24,31-33H,6-7,10-15H2,1-5H3/t19-,21?,23-,24-,26?,27-,28+,29-/m1/s1/i15D2,16D. The van der Waals surface area contributed by atoms with Crippen LogP contribution in [-0.4, -0.2) is 63.7 Å². The summed E-state index contributed by atoms with van der Waals surface area (Å²) in [6.07, 6.45) is 1.92. The Bertz CT molecular complexity index is 1230. The largest absolute Gasteiger partial charge is 0.504 e. The van der Waals surface area contributed by atoms with Crippen LogP contribution in [0.15, 0.2) is 12.1 Å². The predicted octanol–water partition coefficient (Wildman–Crippen LogP) is 3.90. The third kappa shape index (κ3) is 2.38. The fourth-order valence-electron chi connectivity index (χ4n) is 9.21. The second kappa shape index (κ2) is 6.56. The van der Waals surface area contributed by atoms with Crippen LogP contribution in [0.2, 0.25) is 0 Å². The third-order valence-corrected chi connectivity index (χ3v) is 11.4. The van der Waals surface area contributed by atoms with E-state index in [0.29, 0.717) is 56.4 Å². The molecule has 0 radical (unpaired) electrons. The van der Waals surface area contributed by atoms with Crippen LogP contribution in [0.3, 0.4) is 0 Å². The number of ether oxygens (including phenoxy) is 2. The van der Waals surface area contributed by atoms with Crippen LogP contribution in [0.1, 0.15) is 87.6 Å². The molecule has 2 unspecified atom stereocenters. The zero-order valence-corrected chi connectivity index (χ0v) is 21.5. The fraction of sp³-hybridized carbons (Fsp3) is 0.793. The van der Waals surface area contributed by atoms with Gasteiger partial charge in [-0.3, -0.25) is 4.90 Å². The van der Waals surface area contributed by atoms with Crippen molar-refractivity contribution in [3.8, 4) is 11.5 Å². The Kier molecular flexibility index (Phi) is 3.70. The maximum atomic E-state index is 12.2. The molecular formula is C29H41NO5. The van der Waals surface area contributed by atoms with Crippen LogP contribution in [-0.2, 0) is 10.2 Å². The zero-order chi connectivity index (χ0) is 27.5. The Morgan fingerprint density at radius 3 is 2.63 bits per heavy atom. The number of likely N-dealkylation sites (tertiary alicyclic amines) is 1. The lowest BCUT2D eigenvalue weighted by molar-refractivity contribution is -0.319. The SMILES string of the molecule is [2H]C1(C([2H])([2H])N2CC[C@]34c5c6ccc(O)c5O[C@H]3[C@@]3(OC)CC[C@@]4(C[C@@H]3C(C)(O)C(C)(C)C)[C@H]2C6O)CC1. The van der Waals surface area contributed by atoms with E-state index in [1.165, 1.54) is 0 Å². The highest BCUT2D eigenvalue weighted by molar-refractivity contribution is 5.64. The Labute approximate surface area is 212 Å². The highest BCUT2D eigenvalue weighted by atomic mass is 16.6. The van der Waals surface area contributed by atoms with Gasteiger partial charge in [-0.05, 0) is 74.9 Å². The quantitative estimate of drug-likeness (QED) is 0.599. The number of nitrogens with zero attached hydrogens (tertiary/aromatic N) is 1. The van der Waals surface area contributed by atoms with Gasteiger partial charge in [-0.25, -0.2) is 0 Å². The number of aromatic hydroxyl groups is 1. The number of aliphatic hydroxyl groups is 2. The van der Waals surface area contributed by atoms with Crippen LogP contribution in [0.5, 0.6) is 11.5 Å². The summed E-state index contributed by atoms with van der Waals surface area (Å²) >= 11 is 0. The first-order valence-corrected chi connectivity index (χ1v) is 13.3. The van der Waals surface area contributed by atoms with Crippen molar-refractivity contribution in [2.45, 2.75) is 101 Å². The highest BCUT2D eigenvalue weighted by Gasteiger charge is 2.83. The Hall–Kier alpha value is -1.34. The van der Waals surface area contributed by atoms with E-state index in [4.69, 9.17) is 10.8 Å². The monoisotopic (exact) mass is 486 g/mol. The lowest BCUT2D eigenvalue weighted by Gasteiger charge is -2.76. The number of hydrogen-bond acceptors (Lipinski definition) is 6. The molecule has 1 aromatic carbocycles. The molecule has 192 valence electrons. The molecule has 4 saturated carbocycles. The summed E-state index contributed by atoms with van der Waals surface area (Å²) < 4.78 is 40.5. The Morgan fingerprint density at radius 1 is 1.23 bits per heavy atom. The van der Waals surface area contributed by atoms with Gasteiger partial charge >= 0.3 is 0 Å². The summed E-state index contributed by atoms with van der Waals surface area (Å²) in [4.78, 5) is 1.81. The topological polar surface area (TPSA) is 82.4 Å². The number of phenolic OH excluding ortho intramolecular Hbond substituents is 1. The van der Waals surface area contributed by atoms with Gasteiger partial charge in [-0.2, -0.15) is 0 Å². The van der Waals surface area contributed by atoms with Crippen molar-refractivity contribution in [3.63, 3.8) is 0 Å². The van der Waals surface area contributed by atoms with E-state index >= 15 is 0 Å². The molecule has 0 amide bonds. The molecular weight excluding hydrogens is 442 g/mol. The van der Waals surface area contributed by atoms with E-state index in [2.05, 4.69) is 0 Å². The van der Waals surface area contributed by atoms with E-state index < -0.39 is 58.1 Å². The van der Waals surface area contributed by atoms with Crippen molar-refractivity contribution in [1.82, 2.24) is 4.90 Å². The minimum atomic E-state index is -1.91. The van der Waals surface area contributed by atoms with Crippen molar-refractivity contribution in [2.24, 2.45) is 22.6 Å². The van der Waals surface area contributed by atoms with Gasteiger partial charge in [0.05, 0.1) is 11.7 Å². The molecule has 3 N–H and O–H groups in total. The second-order valence-electron chi connectivity index (χ2n) is 13.4. The van der Waals surface area contributed by atoms with Crippen LogP contribution >= 0.6 is 0 Å². The van der Waals surface area contributed by atoms with E-state index in [0.717, 1.165) is 5.56 Å². The summed E-state index contributed by atoms with van der Waals surface area (Å²) in [6.45, 7) is 6.43. The summed E-state index contributed by atoms with van der Waals surface area (Å²) in [5, 5.41) is 35.4. The van der Waals surface area contributed by atoms with Gasteiger partial charge in [0.25, 0.3) is 0 Å². The van der Waals surface area contributed by atoms with E-state index in [1.807, 2.05) is 32.6 Å². The molecule has 6 nitrogen and oxygen atoms in total. The number of phenols is 1. The van der Waals surface area contributed by atoms with Gasteiger partial charge in [0.2, 0.25) is 0 Å². The molecule has 6 heteroatoms. The number of benzene rings is 1. The van der Waals surface area contributed by atoms with Gasteiger partial charge < -0.3 is 24.8 Å². The number of piperidine rings is 1. The normalized spacial score (nSPS) is 47.7. The lowest BCUT2D eigenvalue weighted by atomic mass is 9.33. The van der Waals surface area contributed by atoms with Crippen LogP contribution < -0.4 is 4.74 Å². The molecule has 7 aliphatic rings. The average Bonchev–Trinajstić information content (AvgIpc) is 3.51. The van der Waals surface area contributed by atoms with Gasteiger partial charge in [0.15, 0.2) is 11.5 Å². The van der Waals surface area contributed by atoms with Crippen LogP contribution in [0, 0.1) is 22.6 Å². The molecule has 0 aromatic heterocycles. The molecule has 2 heterocycles.